The summed E-state index contributed by atoms with van der Waals surface area (Å²) in [7, 11) is 0. The molecule has 4 aromatic rings. The van der Waals surface area contributed by atoms with Gasteiger partial charge >= 0.3 is 12.1 Å². The zero-order valence-corrected chi connectivity index (χ0v) is 31.9. The van der Waals surface area contributed by atoms with Gasteiger partial charge in [0.1, 0.15) is 23.5 Å². The monoisotopic (exact) mass is 723 g/mol. The topological polar surface area (TPSA) is 98.1 Å². The molecule has 2 fully saturated rings. The van der Waals surface area contributed by atoms with E-state index < -0.39 is 11.4 Å². The van der Waals surface area contributed by atoms with E-state index >= 15 is 4.39 Å². The summed E-state index contributed by atoms with van der Waals surface area (Å²) in [6.07, 6.45) is 4.19. The van der Waals surface area contributed by atoms with Gasteiger partial charge in [-0.2, -0.15) is 15.1 Å². The molecule has 1 amide bonds. The van der Waals surface area contributed by atoms with Crippen molar-refractivity contribution in [3.8, 4) is 17.1 Å². The standard InChI is InChI=1S/C38H51ClFN7O4/c1-9-44(10-2)16-18-50-36-42-34-26(35(43-36)45-21-24(4)46(25(5)22-45)37(48)51-38(6,7)8)19-28(39)32(33(34)40)31-23(3)14-15-29-27(31)20-41-47(29)30-13-11-12-17-49-30/h14-15,19-20,24-25,30H,9-13,16-18,21-22H2,1-8H3/t24-,25+,30?. The van der Waals surface area contributed by atoms with Gasteiger partial charge in [-0.3, -0.25) is 4.90 Å². The lowest BCUT2D eigenvalue weighted by atomic mass is 9.95. The number of piperazine rings is 1. The van der Waals surface area contributed by atoms with E-state index in [2.05, 4.69) is 28.6 Å². The van der Waals surface area contributed by atoms with E-state index in [1.54, 1.807) is 17.2 Å². The molecule has 2 aliphatic rings. The van der Waals surface area contributed by atoms with Crippen LogP contribution in [0.5, 0.6) is 6.01 Å². The number of amides is 1. The number of aromatic nitrogens is 4. The SMILES string of the molecule is CCN(CC)CCOc1nc(N2C[C@@H](C)N(C(=O)OC(C)(C)C)[C@@H](C)C2)c2cc(Cl)c(-c3c(C)ccc4c3cnn4C3CCCCO3)c(F)c2n1. The fourth-order valence-electron chi connectivity index (χ4n) is 7.38. The van der Waals surface area contributed by atoms with Crippen molar-refractivity contribution in [2.45, 2.75) is 98.6 Å². The van der Waals surface area contributed by atoms with E-state index in [0.717, 1.165) is 48.8 Å². The number of hydrogen-bond donors (Lipinski definition) is 0. The van der Waals surface area contributed by atoms with Gasteiger partial charge in [0.15, 0.2) is 12.0 Å². The molecule has 51 heavy (non-hydrogen) atoms. The number of carbonyl (C=O) groups excluding carboxylic acids is 1. The molecule has 0 aliphatic carbocycles. The molecule has 2 aliphatic heterocycles. The third kappa shape index (κ3) is 7.59. The first kappa shape index (κ1) is 37.0. The maximum atomic E-state index is 17.3. The second-order valence-corrected chi connectivity index (χ2v) is 15.1. The molecule has 0 bridgehead atoms. The van der Waals surface area contributed by atoms with Crippen LogP contribution in [0.15, 0.2) is 24.4 Å². The number of benzene rings is 2. The van der Waals surface area contributed by atoms with Gasteiger partial charge in [0, 0.05) is 48.1 Å². The van der Waals surface area contributed by atoms with Crippen molar-refractivity contribution in [2.24, 2.45) is 0 Å². The Morgan fingerprint density at radius 3 is 2.45 bits per heavy atom. The minimum absolute atomic E-state index is 0.0869. The van der Waals surface area contributed by atoms with Crippen LogP contribution in [0.3, 0.4) is 0 Å². The molecule has 2 aromatic heterocycles. The van der Waals surface area contributed by atoms with Crippen molar-refractivity contribution >= 4 is 45.3 Å². The number of nitrogens with zero attached hydrogens (tertiary/aromatic N) is 7. The van der Waals surface area contributed by atoms with E-state index in [-0.39, 0.29) is 46.5 Å². The molecule has 3 atom stereocenters. The fraction of sp³-hybridized carbons (Fsp3) is 0.579. The number of fused-ring (bicyclic) bond motifs is 2. The molecule has 2 aromatic carbocycles. The number of aryl methyl sites for hydroxylation is 1. The number of carbonyl (C=O) groups is 1. The summed E-state index contributed by atoms with van der Waals surface area (Å²) < 4.78 is 37.1. The lowest BCUT2D eigenvalue weighted by molar-refractivity contribution is -0.0366. The Bertz CT molecular complexity index is 1870. The number of halogens is 2. The minimum Gasteiger partial charge on any atom is -0.462 e. The summed E-state index contributed by atoms with van der Waals surface area (Å²) in [5.74, 6) is -0.0505. The summed E-state index contributed by atoms with van der Waals surface area (Å²) in [6.45, 7) is 20.0. The molecule has 6 rings (SSSR count). The average molecular weight is 724 g/mol. The number of ether oxygens (including phenoxy) is 3. The molecule has 4 heterocycles. The maximum absolute atomic E-state index is 17.3. The van der Waals surface area contributed by atoms with Crippen LogP contribution in [0, 0.1) is 12.7 Å². The van der Waals surface area contributed by atoms with Crippen molar-refractivity contribution in [1.82, 2.24) is 29.5 Å². The van der Waals surface area contributed by atoms with Gasteiger partial charge in [-0.1, -0.05) is 31.5 Å². The number of likely N-dealkylation sites (N-methyl/N-ethyl adjacent to an activating group) is 1. The van der Waals surface area contributed by atoms with E-state index in [0.29, 0.717) is 49.6 Å². The lowest BCUT2D eigenvalue weighted by Gasteiger charge is -2.45. The summed E-state index contributed by atoms with van der Waals surface area (Å²) in [5, 5.41) is 6.20. The Morgan fingerprint density at radius 1 is 1.08 bits per heavy atom. The normalized spacial score (nSPS) is 20.1. The van der Waals surface area contributed by atoms with Gasteiger partial charge in [0.05, 0.1) is 28.8 Å². The molecule has 11 nitrogen and oxygen atoms in total. The van der Waals surface area contributed by atoms with Gasteiger partial charge < -0.3 is 24.0 Å². The number of rotatable bonds is 9. The predicted molar refractivity (Wildman–Crippen MR) is 199 cm³/mol. The molecule has 276 valence electrons. The van der Waals surface area contributed by atoms with Crippen molar-refractivity contribution in [2.75, 3.05) is 50.8 Å². The average Bonchev–Trinajstić information content (AvgIpc) is 3.51. The van der Waals surface area contributed by atoms with E-state index in [9.17, 15) is 4.79 Å². The van der Waals surface area contributed by atoms with Gasteiger partial charge in [-0.25, -0.2) is 13.9 Å². The van der Waals surface area contributed by atoms with Gasteiger partial charge in [0.25, 0.3) is 0 Å². The molecule has 0 radical (unpaired) electrons. The highest BCUT2D eigenvalue weighted by Gasteiger charge is 2.37. The molecular formula is C38H51ClFN7O4. The van der Waals surface area contributed by atoms with Crippen LogP contribution in [-0.4, -0.2) is 99.3 Å². The minimum atomic E-state index is -0.620. The van der Waals surface area contributed by atoms with Crippen LogP contribution in [-0.2, 0) is 9.47 Å². The molecule has 2 saturated heterocycles. The summed E-state index contributed by atoms with van der Waals surface area (Å²) >= 11 is 7.08. The van der Waals surface area contributed by atoms with Crippen molar-refractivity contribution in [3.63, 3.8) is 0 Å². The molecule has 0 spiro atoms. The predicted octanol–water partition coefficient (Wildman–Crippen LogP) is 8.00. The fourth-order valence-corrected chi connectivity index (χ4v) is 7.67. The highest BCUT2D eigenvalue weighted by Crippen LogP contribution is 2.43. The summed E-state index contributed by atoms with van der Waals surface area (Å²) in [6, 6.07) is 5.39. The van der Waals surface area contributed by atoms with Crippen LogP contribution < -0.4 is 9.64 Å². The Hall–Kier alpha value is -3.74. The molecular weight excluding hydrogens is 673 g/mol. The van der Waals surface area contributed by atoms with Crippen LogP contribution in [0.2, 0.25) is 5.02 Å². The first-order valence-corrected chi connectivity index (χ1v) is 18.6. The highest BCUT2D eigenvalue weighted by molar-refractivity contribution is 6.35. The first-order valence-electron chi connectivity index (χ1n) is 18.2. The zero-order chi connectivity index (χ0) is 36.6. The Balaban J connectivity index is 1.45. The third-order valence-corrected chi connectivity index (χ3v) is 10.2. The second-order valence-electron chi connectivity index (χ2n) is 14.7. The molecule has 13 heteroatoms. The molecule has 1 unspecified atom stereocenters. The Kier molecular flexibility index (Phi) is 11.0. The summed E-state index contributed by atoms with van der Waals surface area (Å²) in [5.41, 5.74) is 2.13. The molecule has 0 saturated carbocycles. The van der Waals surface area contributed by atoms with Crippen LogP contribution in [0.4, 0.5) is 15.0 Å². The van der Waals surface area contributed by atoms with Crippen molar-refractivity contribution in [1.29, 1.82) is 0 Å². The van der Waals surface area contributed by atoms with E-state index in [1.807, 2.05) is 58.4 Å². The van der Waals surface area contributed by atoms with Gasteiger partial charge in [0.2, 0.25) is 0 Å². The highest BCUT2D eigenvalue weighted by atomic mass is 35.5. The van der Waals surface area contributed by atoms with Crippen molar-refractivity contribution in [3.05, 3.63) is 40.8 Å². The van der Waals surface area contributed by atoms with Crippen LogP contribution >= 0.6 is 11.6 Å². The van der Waals surface area contributed by atoms with Crippen molar-refractivity contribution < 1.29 is 23.4 Å². The Labute approximate surface area is 305 Å². The second kappa shape index (κ2) is 15.1. The van der Waals surface area contributed by atoms with Crippen LogP contribution in [0.25, 0.3) is 32.9 Å². The third-order valence-electron chi connectivity index (χ3n) is 9.87. The van der Waals surface area contributed by atoms with Gasteiger partial charge in [-0.15, -0.1) is 0 Å². The number of hydrogen-bond acceptors (Lipinski definition) is 9. The Morgan fingerprint density at radius 2 is 1.80 bits per heavy atom. The lowest BCUT2D eigenvalue weighted by Crippen LogP contribution is -2.59. The smallest absolute Gasteiger partial charge is 0.410 e. The first-order chi connectivity index (χ1) is 24.3. The van der Waals surface area contributed by atoms with Gasteiger partial charge in [-0.05, 0) is 91.6 Å². The van der Waals surface area contributed by atoms with E-state index in [1.165, 1.54) is 0 Å². The maximum Gasteiger partial charge on any atom is 0.410 e. The number of anilines is 1. The molecule has 0 N–H and O–H groups in total. The zero-order valence-electron chi connectivity index (χ0n) is 31.1. The summed E-state index contributed by atoms with van der Waals surface area (Å²) in [4.78, 5) is 28.8. The van der Waals surface area contributed by atoms with E-state index in [4.69, 9.17) is 35.9 Å². The van der Waals surface area contributed by atoms with Crippen LogP contribution in [0.1, 0.15) is 79.5 Å². The largest absolute Gasteiger partial charge is 0.462 e. The quantitative estimate of drug-likeness (QED) is 0.170.